The zero-order valence-electron chi connectivity index (χ0n) is 15.8. The van der Waals surface area contributed by atoms with Crippen LogP contribution in [0.2, 0.25) is 0 Å². The number of hydrogen-bond donors (Lipinski definition) is 0. The van der Waals surface area contributed by atoms with Gasteiger partial charge in [0.1, 0.15) is 24.7 Å². The van der Waals surface area contributed by atoms with E-state index in [-0.39, 0.29) is 18.8 Å². The van der Waals surface area contributed by atoms with Crippen molar-refractivity contribution < 1.29 is 19.0 Å². The highest BCUT2D eigenvalue weighted by molar-refractivity contribution is 6.15. The van der Waals surface area contributed by atoms with Gasteiger partial charge < -0.3 is 14.2 Å². The predicted molar refractivity (Wildman–Crippen MR) is 110 cm³/mol. The van der Waals surface area contributed by atoms with Gasteiger partial charge in [-0.2, -0.15) is 0 Å². The second-order valence-electron chi connectivity index (χ2n) is 6.06. The molecule has 0 saturated carbocycles. The van der Waals surface area contributed by atoms with Gasteiger partial charge in [0.2, 0.25) is 0 Å². The molecule has 142 valence electrons. The summed E-state index contributed by atoms with van der Waals surface area (Å²) < 4.78 is 16.3. The fourth-order valence-electron chi connectivity index (χ4n) is 2.75. The summed E-state index contributed by atoms with van der Waals surface area (Å²) in [6, 6.07) is 24.9. The number of rotatable bonds is 8. The van der Waals surface area contributed by atoms with Crippen molar-refractivity contribution in [1.82, 2.24) is 0 Å². The van der Waals surface area contributed by atoms with Crippen molar-refractivity contribution in [2.24, 2.45) is 0 Å². The third kappa shape index (κ3) is 4.80. The van der Waals surface area contributed by atoms with Gasteiger partial charge in [0.25, 0.3) is 0 Å². The molecule has 0 amide bonds. The maximum absolute atomic E-state index is 12.2. The summed E-state index contributed by atoms with van der Waals surface area (Å²) in [5.41, 5.74) is 3.01. The molecule has 0 heterocycles. The van der Waals surface area contributed by atoms with Gasteiger partial charge >= 0.3 is 5.97 Å². The van der Waals surface area contributed by atoms with Gasteiger partial charge in [-0.1, -0.05) is 67.2 Å². The third-order valence-corrected chi connectivity index (χ3v) is 4.21. The molecule has 0 fully saturated rings. The number of methoxy groups -OCH3 is 1. The molecule has 0 radical (unpaired) electrons. The van der Waals surface area contributed by atoms with Crippen LogP contribution >= 0.6 is 0 Å². The van der Waals surface area contributed by atoms with Crippen molar-refractivity contribution in [2.75, 3.05) is 20.3 Å². The van der Waals surface area contributed by atoms with Crippen LogP contribution in [0.5, 0.6) is 11.5 Å². The Balaban J connectivity index is 1.55. The van der Waals surface area contributed by atoms with Crippen LogP contribution in [0.1, 0.15) is 5.56 Å². The summed E-state index contributed by atoms with van der Waals surface area (Å²) in [7, 11) is 1.57. The number of carbonyl (C=O) groups is 1. The van der Waals surface area contributed by atoms with Gasteiger partial charge in [-0.15, -0.1) is 0 Å². The highest BCUT2D eigenvalue weighted by atomic mass is 16.6. The van der Waals surface area contributed by atoms with E-state index in [0.29, 0.717) is 11.3 Å². The Morgan fingerprint density at radius 3 is 2.43 bits per heavy atom. The monoisotopic (exact) mass is 374 g/mol. The molecule has 3 rings (SSSR count). The lowest BCUT2D eigenvalue weighted by atomic mass is 10.1. The molecule has 0 aliphatic rings. The van der Waals surface area contributed by atoms with Crippen molar-refractivity contribution in [3.05, 3.63) is 91.0 Å². The molecule has 28 heavy (non-hydrogen) atoms. The topological polar surface area (TPSA) is 44.8 Å². The highest BCUT2D eigenvalue weighted by Gasteiger charge is 2.12. The highest BCUT2D eigenvalue weighted by Crippen LogP contribution is 2.29. The molecule has 0 atom stereocenters. The molecule has 0 aromatic heterocycles. The lowest BCUT2D eigenvalue weighted by Crippen LogP contribution is -2.13. The maximum atomic E-state index is 12.2. The first kappa shape index (κ1) is 19.2. The van der Waals surface area contributed by atoms with Crippen LogP contribution in [0.3, 0.4) is 0 Å². The Morgan fingerprint density at radius 2 is 1.64 bits per heavy atom. The molecule has 0 saturated heterocycles. The molecular weight excluding hydrogens is 352 g/mol. The molecule has 0 N–H and O–H groups in total. The van der Waals surface area contributed by atoms with Gasteiger partial charge in [-0.05, 0) is 29.3 Å². The standard InChI is InChI=1S/C24H22O4/c1-18(20-11-8-12-21(17-20)26-2)24(25)28-16-15-27-23-14-7-6-13-22(23)19-9-4-3-5-10-19/h3-14,17H,1,15-16H2,2H3. The first-order chi connectivity index (χ1) is 13.7. The van der Waals surface area contributed by atoms with Crippen LogP contribution in [0.15, 0.2) is 85.4 Å². The van der Waals surface area contributed by atoms with Crippen LogP contribution in [0.25, 0.3) is 16.7 Å². The van der Waals surface area contributed by atoms with E-state index in [0.717, 1.165) is 16.9 Å². The zero-order chi connectivity index (χ0) is 19.8. The summed E-state index contributed by atoms with van der Waals surface area (Å²) in [6.45, 7) is 4.20. The number of carbonyl (C=O) groups excluding carboxylic acids is 1. The maximum Gasteiger partial charge on any atom is 0.338 e. The number of hydrogen-bond acceptors (Lipinski definition) is 4. The first-order valence-corrected chi connectivity index (χ1v) is 8.97. The first-order valence-electron chi connectivity index (χ1n) is 8.97. The Hall–Kier alpha value is -3.53. The fraction of sp³-hybridized carbons (Fsp3) is 0.125. The second-order valence-corrected chi connectivity index (χ2v) is 6.06. The van der Waals surface area contributed by atoms with Crippen molar-refractivity contribution in [3.8, 4) is 22.6 Å². The van der Waals surface area contributed by atoms with Gasteiger partial charge in [0.05, 0.1) is 12.7 Å². The molecule has 0 aliphatic carbocycles. The number of ether oxygens (including phenoxy) is 3. The van der Waals surface area contributed by atoms with E-state index in [4.69, 9.17) is 14.2 Å². The Kier molecular flexibility index (Phi) is 6.47. The van der Waals surface area contributed by atoms with Gasteiger partial charge in [0.15, 0.2) is 0 Å². The molecule has 0 bridgehead atoms. The smallest absolute Gasteiger partial charge is 0.338 e. The second kappa shape index (κ2) is 9.42. The van der Waals surface area contributed by atoms with Crippen molar-refractivity contribution in [1.29, 1.82) is 0 Å². The number of benzene rings is 3. The van der Waals surface area contributed by atoms with Gasteiger partial charge in [0, 0.05) is 5.56 Å². The Bertz CT molecular complexity index is 948. The molecule has 0 aliphatic heterocycles. The van der Waals surface area contributed by atoms with Gasteiger partial charge in [-0.25, -0.2) is 4.79 Å². The van der Waals surface area contributed by atoms with Crippen molar-refractivity contribution in [2.45, 2.75) is 0 Å². The largest absolute Gasteiger partial charge is 0.497 e. The molecular formula is C24H22O4. The van der Waals surface area contributed by atoms with E-state index in [1.165, 1.54) is 0 Å². The molecule has 3 aromatic carbocycles. The average molecular weight is 374 g/mol. The number of para-hydroxylation sites is 1. The molecule has 3 aromatic rings. The molecule has 4 nitrogen and oxygen atoms in total. The number of esters is 1. The average Bonchev–Trinajstić information content (AvgIpc) is 2.77. The van der Waals surface area contributed by atoms with Crippen molar-refractivity contribution >= 4 is 11.5 Å². The fourth-order valence-corrected chi connectivity index (χ4v) is 2.75. The van der Waals surface area contributed by atoms with Crippen LogP contribution in [-0.4, -0.2) is 26.3 Å². The predicted octanol–water partition coefficient (Wildman–Crippen LogP) is 5.00. The van der Waals surface area contributed by atoms with E-state index in [9.17, 15) is 4.79 Å². The Labute approximate surface area is 165 Å². The van der Waals surface area contributed by atoms with E-state index in [2.05, 4.69) is 6.58 Å². The molecule has 0 spiro atoms. The van der Waals surface area contributed by atoms with Crippen LogP contribution < -0.4 is 9.47 Å². The van der Waals surface area contributed by atoms with Crippen LogP contribution in [0, 0.1) is 0 Å². The van der Waals surface area contributed by atoms with E-state index >= 15 is 0 Å². The lowest BCUT2D eigenvalue weighted by molar-refractivity contribution is -0.137. The molecule has 0 unspecified atom stereocenters. The summed E-state index contributed by atoms with van der Waals surface area (Å²) >= 11 is 0. The van der Waals surface area contributed by atoms with E-state index < -0.39 is 5.97 Å². The minimum Gasteiger partial charge on any atom is -0.497 e. The van der Waals surface area contributed by atoms with E-state index in [1.54, 1.807) is 31.4 Å². The lowest BCUT2D eigenvalue weighted by Gasteiger charge is -2.12. The Morgan fingerprint density at radius 1 is 0.893 bits per heavy atom. The van der Waals surface area contributed by atoms with E-state index in [1.807, 2.05) is 54.6 Å². The zero-order valence-corrected chi connectivity index (χ0v) is 15.8. The van der Waals surface area contributed by atoms with Gasteiger partial charge in [-0.3, -0.25) is 0 Å². The quantitative estimate of drug-likeness (QED) is 0.316. The minimum absolute atomic E-state index is 0.130. The third-order valence-electron chi connectivity index (χ3n) is 4.21. The van der Waals surface area contributed by atoms with Crippen molar-refractivity contribution in [3.63, 3.8) is 0 Å². The summed E-state index contributed by atoms with van der Waals surface area (Å²) in [4.78, 5) is 12.2. The molecule has 4 heteroatoms. The SMILES string of the molecule is C=C(C(=O)OCCOc1ccccc1-c1ccccc1)c1cccc(OC)c1. The summed E-state index contributed by atoms with van der Waals surface area (Å²) in [6.07, 6.45) is 0. The normalized spacial score (nSPS) is 10.2. The summed E-state index contributed by atoms with van der Waals surface area (Å²) in [5, 5.41) is 0. The summed E-state index contributed by atoms with van der Waals surface area (Å²) in [5.74, 6) is 0.928. The minimum atomic E-state index is -0.479. The van der Waals surface area contributed by atoms with Crippen LogP contribution in [0.4, 0.5) is 0 Å². The van der Waals surface area contributed by atoms with Crippen LogP contribution in [-0.2, 0) is 9.53 Å².